The zero-order valence-electron chi connectivity index (χ0n) is 15.5. The van der Waals surface area contributed by atoms with Crippen LogP contribution in [0.15, 0.2) is 34.0 Å². The number of carbonyl (C=O) groups excluding carboxylic acids is 1. The van der Waals surface area contributed by atoms with Crippen LogP contribution in [0.25, 0.3) is 0 Å². The molecular formula is C19H21BrFN5O. The number of amides is 1. The number of aromatic nitrogens is 2. The van der Waals surface area contributed by atoms with Crippen molar-refractivity contribution in [1.82, 2.24) is 14.5 Å². The summed E-state index contributed by atoms with van der Waals surface area (Å²) >= 11 is 3.50. The average Bonchev–Trinajstić information content (AvgIpc) is 3.20. The SMILES string of the molecule is CCN1C(=O)c2nc(Br)n(Cc3ccc(F)cc3)c2N2C[C@@H](C(C)C)N=C12. The second-order valence-corrected chi connectivity index (χ2v) is 7.88. The molecule has 0 fully saturated rings. The Morgan fingerprint density at radius 1 is 1.30 bits per heavy atom. The molecule has 0 radical (unpaired) electrons. The van der Waals surface area contributed by atoms with Gasteiger partial charge in [0.2, 0.25) is 5.96 Å². The first-order valence-corrected chi connectivity index (χ1v) is 9.87. The fraction of sp³-hybridized carbons (Fsp3) is 0.421. The van der Waals surface area contributed by atoms with E-state index in [9.17, 15) is 9.18 Å². The molecule has 0 saturated heterocycles. The molecule has 0 bridgehead atoms. The molecule has 0 unspecified atom stereocenters. The number of hydrogen-bond acceptors (Lipinski definition) is 4. The van der Waals surface area contributed by atoms with Crippen molar-refractivity contribution in [3.05, 3.63) is 46.1 Å². The molecule has 2 aliphatic rings. The summed E-state index contributed by atoms with van der Waals surface area (Å²) in [7, 11) is 0. The lowest BCUT2D eigenvalue weighted by atomic mass is 10.1. The zero-order valence-corrected chi connectivity index (χ0v) is 17.1. The van der Waals surface area contributed by atoms with Crippen LogP contribution in [-0.2, 0) is 6.54 Å². The Labute approximate surface area is 165 Å². The molecule has 2 aliphatic heterocycles. The fourth-order valence-electron chi connectivity index (χ4n) is 3.54. The highest BCUT2D eigenvalue weighted by Crippen LogP contribution is 2.36. The standard InChI is InChI=1S/C19H21BrFN5O/c1-4-24-17(27)15-16(26-10-14(11(2)3)22-19(24)26)25(18(20)23-15)9-12-5-7-13(21)8-6-12/h5-8,11,14H,4,9-10H2,1-3H3/t14-/m0/s1. The Kier molecular flexibility index (Phi) is 4.53. The second-order valence-electron chi connectivity index (χ2n) is 7.17. The van der Waals surface area contributed by atoms with E-state index in [1.807, 2.05) is 11.5 Å². The number of halogens is 2. The number of rotatable bonds is 4. The van der Waals surface area contributed by atoms with Crippen LogP contribution in [0, 0.1) is 11.7 Å². The van der Waals surface area contributed by atoms with E-state index in [4.69, 9.17) is 4.99 Å². The van der Waals surface area contributed by atoms with Crippen molar-refractivity contribution >= 4 is 33.6 Å². The van der Waals surface area contributed by atoms with E-state index in [0.717, 1.165) is 11.4 Å². The van der Waals surface area contributed by atoms with Crippen LogP contribution in [0.4, 0.5) is 10.2 Å². The van der Waals surface area contributed by atoms with E-state index in [0.29, 0.717) is 41.9 Å². The maximum atomic E-state index is 13.2. The van der Waals surface area contributed by atoms with Crippen LogP contribution in [0.2, 0.25) is 0 Å². The number of imidazole rings is 1. The lowest BCUT2D eigenvalue weighted by molar-refractivity contribution is 0.0841. The lowest BCUT2D eigenvalue weighted by Crippen LogP contribution is -2.50. The van der Waals surface area contributed by atoms with Crippen LogP contribution < -0.4 is 4.90 Å². The number of aliphatic imine (C=N–C) groups is 1. The Morgan fingerprint density at radius 2 is 2.00 bits per heavy atom. The van der Waals surface area contributed by atoms with Gasteiger partial charge in [-0.3, -0.25) is 19.2 Å². The monoisotopic (exact) mass is 433 g/mol. The summed E-state index contributed by atoms with van der Waals surface area (Å²) in [5.41, 5.74) is 1.36. The van der Waals surface area contributed by atoms with Gasteiger partial charge >= 0.3 is 0 Å². The molecule has 2 aromatic rings. The third-order valence-corrected chi connectivity index (χ3v) is 5.68. The van der Waals surface area contributed by atoms with Crippen molar-refractivity contribution in [3.63, 3.8) is 0 Å². The molecule has 27 heavy (non-hydrogen) atoms. The van der Waals surface area contributed by atoms with Gasteiger partial charge in [0.15, 0.2) is 10.4 Å². The van der Waals surface area contributed by atoms with E-state index in [-0.39, 0.29) is 17.8 Å². The maximum absolute atomic E-state index is 13.2. The first kappa shape index (κ1) is 18.2. The fourth-order valence-corrected chi connectivity index (χ4v) is 4.01. The summed E-state index contributed by atoms with van der Waals surface area (Å²) in [5, 5.41) is 0. The lowest BCUT2D eigenvalue weighted by Gasteiger charge is -2.33. The molecule has 1 aromatic heterocycles. The number of hydrogen-bond donors (Lipinski definition) is 0. The van der Waals surface area contributed by atoms with Gasteiger partial charge in [-0.25, -0.2) is 14.4 Å². The van der Waals surface area contributed by atoms with Crippen molar-refractivity contribution in [2.24, 2.45) is 10.9 Å². The predicted molar refractivity (Wildman–Crippen MR) is 106 cm³/mol. The minimum atomic E-state index is -0.270. The summed E-state index contributed by atoms with van der Waals surface area (Å²) in [6, 6.07) is 6.49. The highest BCUT2D eigenvalue weighted by Gasteiger charge is 2.43. The van der Waals surface area contributed by atoms with Gasteiger partial charge in [0, 0.05) is 6.54 Å². The second kappa shape index (κ2) is 6.74. The summed E-state index contributed by atoms with van der Waals surface area (Å²) in [4.78, 5) is 26.1. The van der Waals surface area contributed by atoms with E-state index in [2.05, 4.69) is 39.7 Å². The first-order valence-electron chi connectivity index (χ1n) is 9.08. The number of fused-ring (bicyclic) bond motifs is 3. The molecule has 142 valence electrons. The summed E-state index contributed by atoms with van der Waals surface area (Å²) in [6.07, 6.45) is 0. The topological polar surface area (TPSA) is 53.7 Å². The summed E-state index contributed by atoms with van der Waals surface area (Å²) < 4.78 is 15.8. The smallest absolute Gasteiger partial charge is 0.283 e. The highest BCUT2D eigenvalue weighted by molar-refractivity contribution is 9.10. The van der Waals surface area contributed by atoms with E-state index < -0.39 is 0 Å². The molecule has 1 aromatic carbocycles. The van der Waals surface area contributed by atoms with Gasteiger partial charge < -0.3 is 0 Å². The van der Waals surface area contributed by atoms with E-state index >= 15 is 0 Å². The van der Waals surface area contributed by atoms with E-state index in [1.54, 1.807) is 17.0 Å². The third kappa shape index (κ3) is 2.96. The molecule has 4 rings (SSSR count). The Hall–Kier alpha value is -2.22. The van der Waals surface area contributed by atoms with Gasteiger partial charge in [0.05, 0.1) is 19.1 Å². The van der Waals surface area contributed by atoms with Crippen LogP contribution >= 0.6 is 15.9 Å². The zero-order chi connectivity index (χ0) is 19.3. The van der Waals surface area contributed by atoms with Crippen molar-refractivity contribution in [3.8, 4) is 0 Å². The number of benzene rings is 1. The van der Waals surface area contributed by atoms with Crippen LogP contribution in [0.3, 0.4) is 0 Å². The Morgan fingerprint density at radius 3 is 2.63 bits per heavy atom. The minimum Gasteiger partial charge on any atom is -0.300 e. The normalized spacial score (nSPS) is 18.8. The van der Waals surface area contributed by atoms with Crippen LogP contribution in [-0.4, -0.2) is 45.4 Å². The molecule has 8 heteroatoms. The number of anilines is 1. The van der Waals surface area contributed by atoms with Gasteiger partial charge in [0.1, 0.15) is 11.6 Å². The average molecular weight is 434 g/mol. The largest absolute Gasteiger partial charge is 0.300 e. The van der Waals surface area contributed by atoms with Gasteiger partial charge in [-0.2, -0.15) is 0 Å². The maximum Gasteiger partial charge on any atom is 0.283 e. The number of guanidine groups is 1. The van der Waals surface area contributed by atoms with Gasteiger partial charge in [-0.1, -0.05) is 26.0 Å². The van der Waals surface area contributed by atoms with Crippen molar-refractivity contribution in [2.45, 2.75) is 33.4 Å². The highest BCUT2D eigenvalue weighted by atomic mass is 79.9. The molecule has 0 aliphatic carbocycles. The van der Waals surface area contributed by atoms with Gasteiger partial charge in [-0.15, -0.1) is 0 Å². The first-order chi connectivity index (χ1) is 12.9. The quantitative estimate of drug-likeness (QED) is 0.740. The van der Waals surface area contributed by atoms with E-state index in [1.165, 1.54) is 12.1 Å². The van der Waals surface area contributed by atoms with Gasteiger partial charge in [-0.05, 0) is 46.5 Å². The molecule has 0 spiro atoms. The molecule has 3 heterocycles. The molecule has 1 atom stereocenters. The summed E-state index contributed by atoms with van der Waals surface area (Å²) in [6.45, 7) is 7.96. The number of nitrogens with zero attached hydrogens (tertiary/aromatic N) is 5. The molecular weight excluding hydrogens is 413 g/mol. The van der Waals surface area contributed by atoms with Crippen molar-refractivity contribution in [2.75, 3.05) is 18.0 Å². The predicted octanol–water partition coefficient (Wildman–Crippen LogP) is 3.51. The molecule has 6 nitrogen and oxygen atoms in total. The van der Waals surface area contributed by atoms with Crippen molar-refractivity contribution < 1.29 is 9.18 Å². The van der Waals surface area contributed by atoms with Crippen LogP contribution in [0.5, 0.6) is 0 Å². The van der Waals surface area contributed by atoms with Crippen molar-refractivity contribution in [1.29, 1.82) is 0 Å². The third-order valence-electron chi connectivity index (χ3n) is 5.07. The minimum absolute atomic E-state index is 0.126. The van der Waals surface area contributed by atoms with Gasteiger partial charge in [0.25, 0.3) is 5.91 Å². The molecule has 0 N–H and O–H groups in total. The molecule has 0 saturated carbocycles. The Bertz CT molecular complexity index is 921. The summed E-state index contributed by atoms with van der Waals surface area (Å²) in [5.74, 6) is 1.42. The number of carbonyl (C=O) groups is 1. The Balaban J connectivity index is 1.80. The molecule has 1 amide bonds. The van der Waals surface area contributed by atoms with Crippen LogP contribution in [0.1, 0.15) is 36.8 Å².